The topological polar surface area (TPSA) is 93.3 Å². The zero-order valence-electron chi connectivity index (χ0n) is 23.7. The first kappa shape index (κ1) is 28.6. The van der Waals surface area contributed by atoms with E-state index in [1.54, 1.807) is 12.4 Å². The van der Waals surface area contributed by atoms with Gasteiger partial charge in [0.1, 0.15) is 5.82 Å². The van der Waals surface area contributed by atoms with Gasteiger partial charge in [-0.15, -0.1) is 0 Å². The fourth-order valence-corrected chi connectivity index (χ4v) is 4.88. The third kappa shape index (κ3) is 7.22. The van der Waals surface area contributed by atoms with Crippen molar-refractivity contribution in [3.05, 3.63) is 66.2 Å². The molecular formula is C30H36F2N8O. The quantitative estimate of drug-likeness (QED) is 0.293. The molecule has 4 aromatic rings. The van der Waals surface area contributed by atoms with Crippen LogP contribution in [0.2, 0.25) is 0 Å². The average molecular weight is 563 g/mol. The van der Waals surface area contributed by atoms with E-state index in [2.05, 4.69) is 46.2 Å². The summed E-state index contributed by atoms with van der Waals surface area (Å²) in [6.07, 6.45) is 5.81. The Balaban J connectivity index is 1.26. The highest BCUT2D eigenvalue weighted by atomic mass is 19.3. The highest BCUT2D eigenvalue weighted by Gasteiger charge is 2.33. The van der Waals surface area contributed by atoms with Gasteiger partial charge in [0.15, 0.2) is 5.69 Å². The Morgan fingerprint density at radius 2 is 1.83 bits per heavy atom. The lowest BCUT2D eigenvalue weighted by molar-refractivity contribution is -0.0548. The maximum Gasteiger partial charge on any atom is 0.276 e. The number of amides is 1. The molecule has 5 rings (SSSR count). The number of hydrogen-bond donors (Lipinski definition) is 2. The second-order valence-corrected chi connectivity index (χ2v) is 10.9. The molecule has 0 aliphatic carbocycles. The summed E-state index contributed by atoms with van der Waals surface area (Å²) in [4.78, 5) is 28.3. The summed E-state index contributed by atoms with van der Waals surface area (Å²) in [5.41, 5.74) is 4.49. The molecule has 1 fully saturated rings. The number of nitrogens with one attached hydrogen (secondary N) is 2. The molecule has 1 aliphatic heterocycles. The summed E-state index contributed by atoms with van der Waals surface area (Å²) in [5.74, 6) is -2.04. The van der Waals surface area contributed by atoms with Gasteiger partial charge in [-0.2, -0.15) is 5.10 Å². The number of hydrogen-bond acceptors (Lipinski definition) is 7. The number of anilines is 2. The van der Waals surface area contributed by atoms with Crippen LogP contribution in [-0.2, 0) is 6.42 Å². The molecular weight excluding hydrogens is 526 g/mol. The summed E-state index contributed by atoms with van der Waals surface area (Å²) >= 11 is 0. The fraction of sp³-hybridized carbons (Fsp3) is 0.400. The summed E-state index contributed by atoms with van der Waals surface area (Å²) in [7, 11) is 6.05. The highest BCUT2D eigenvalue weighted by Crippen LogP contribution is 2.29. The number of rotatable bonds is 10. The lowest BCUT2D eigenvalue weighted by atomic mass is 10.0. The zero-order chi connectivity index (χ0) is 29.0. The fourth-order valence-electron chi connectivity index (χ4n) is 4.88. The number of likely N-dealkylation sites (tertiary alicyclic amines) is 1. The first-order chi connectivity index (χ1) is 19.7. The van der Waals surface area contributed by atoms with Crippen LogP contribution in [-0.4, -0.2) is 95.7 Å². The Bertz CT molecular complexity index is 1480. The van der Waals surface area contributed by atoms with Gasteiger partial charge in [0.05, 0.1) is 17.4 Å². The third-order valence-electron chi connectivity index (χ3n) is 7.49. The van der Waals surface area contributed by atoms with Crippen molar-refractivity contribution in [1.29, 1.82) is 0 Å². The Morgan fingerprint density at radius 1 is 1.02 bits per heavy atom. The summed E-state index contributed by atoms with van der Waals surface area (Å²) in [5, 5.41) is 10.8. The minimum Gasteiger partial charge on any atom is -0.358 e. The number of aromatic amines is 1. The number of pyridine rings is 2. The van der Waals surface area contributed by atoms with Gasteiger partial charge in [-0.1, -0.05) is 6.07 Å². The van der Waals surface area contributed by atoms with Gasteiger partial charge in [0, 0.05) is 76.0 Å². The minimum atomic E-state index is -2.54. The van der Waals surface area contributed by atoms with Crippen LogP contribution in [0.3, 0.4) is 0 Å². The number of carbonyl (C=O) groups excluding carboxylic acids is 1. The normalized spacial score (nSPS) is 15.4. The number of piperidine rings is 1. The Kier molecular flexibility index (Phi) is 8.55. The molecule has 1 amide bonds. The van der Waals surface area contributed by atoms with Gasteiger partial charge >= 0.3 is 0 Å². The van der Waals surface area contributed by atoms with Crippen LogP contribution in [0.4, 0.5) is 20.3 Å². The van der Waals surface area contributed by atoms with Crippen molar-refractivity contribution in [2.75, 3.05) is 64.1 Å². The predicted molar refractivity (Wildman–Crippen MR) is 158 cm³/mol. The number of carbonyl (C=O) groups is 1. The van der Waals surface area contributed by atoms with Crippen LogP contribution in [0.25, 0.3) is 22.0 Å². The van der Waals surface area contributed by atoms with Crippen molar-refractivity contribution in [2.24, 2.45) is 0 Å². The molecule has 11 heteroatoms. The molecule has 1 saturated heterocycles. The minimum absolute atomic E-state index is 0.0812. The standard InChI is InChI=1S/C30H36F2N8O/c1-38(2)14-15-39(3)27-7-5-24(20-34-27)35-29(41)28-25-17-22(4-6-26(25)36-37-28)23-16-21(18-33-19-23)8-11-40-12-9-30(31,32)10-13-40/h4-7,16-20H,8-15H2,1-3H3,(H,35,41)(H,36,37). The lowest BCUT2D eigenvalue weighted by Gasteiger charge is -2.31. The van der Waals surface area contributed by atoms with E-state index in [-0.39, 0.29) is 18.7 Å². The van der Waals surface area contributed by atoms with Crippen LogP contribution in [0.5, 0.6) is 0 Å². The monoisotopic (exact) mass is 562 g/mol. The van der Waals surface area contributed by atoms with Crippen LogP contribution >= 0.6 is 0 Å². The van der Waals surface area contributed by atoms with Gasteiger partial charge in [0.2, 0.25) is 0 Å². The second-order valence-electron chi connectivity index (χ2n) is 10.9. The Hall–Kier alpha value is -3.96. The van der Waals surface area contributed by atoms with Gasteiger partial charge < -0.3 is 20.0 Å². The number of alkyl halides is 2. The van der Waals surface area contributed by atoms with E-state index in [1.807, 2.05) is 57.7 Å². The third-order valence-corrected chi connectivity index (χ3v) is 7.49. The van der Waals surface area contributed by atoms with Crippen LogP contribution < -0.4 is 10.2 Å². The van der Waals surface area contributed by atoms with Gasteiger partial charge in [-0.3, -0.25) is 14.9 Å². The maximum absolute atomic E-state index is 13.5. The van der Waals surface area contributed by atoms with Crippen molar-refractivity contribution in [2.45, 2.75) is 25.2 Å². The first-order valence-electron chi connectivity index (χ1n) is 13.8. The van der Waals surface area contributed by atoms with Gasteiger partial charge in [0.25, 0.3) is 11.8 Å². The molecule has 0 saturated carbocycles. The predicted octanol–water partition coefficient (Wildman–Crippen LogP) is 4.54. The molecule has 216 valence electrons. The molecule has 2 N–H and O–H groups in total. The van der Waals surface area contributed by atoms with E-state index in [4.69, 9.17) is 0 Å². The molecule has 0 unspecified atom stereocenters. The van der Waals surface area contributed by atoms with Crippen molar-refractivity contribution < 1.29 is 13.6 Å². The largest absolute Gasteiger partial charge is 0.358 e. The molecule has 41 heavy (non-hydrogen) atoms. The maximum atomic E-state index is 13.5. The number of benzene rings is 1. The van der Waals surface area contributed by atoms with Crippen LogP contribution in [0, 0.1) is 0 Å². The Morgan fingerprint density at radius 3 is 2.56 bits per heavy atom. The number of halogens is 2. The smallest absolute Gasteiger partial charge is 0.276 e. The summed E-state index contributed by atoms with van der Waals surface area (Å²) < 4.78 is 26.9. The molecule has 1 aromatic carbocycles. The number of nitrogens with zero attached hydrogens (tertiary/aromatic N) is 6. The second kappa shape index (κ2) is 12.3. The highest BCUT2D eigenvalue weighted by molar-refractivity contribution is 6.11. The molecule has 0 atom stereocenters. The van der Waals surface area contributed by atoms with E-state index in [9.17, 15) is 13.6 Å². The number of fused-ring (bicyclic) bond motifs is 1. The molecule has 0 radical (unpaired) electrons. The van der Waals surface area contributed by atoms with Crippen LogP contribution in [0.15, 0.2) is 55.0 Å². The average Bonchev–Trinajstić information content (AvgIpc) is 3.39. The van der Waals surface area contributed by atoms with Crippen molar-refractivity contribution in [3.8, 4) is 11.1 Å². The number of aromatic nitrogens is 4. The van der Waals surface area contributed by atoms with E-state index in [0.717, 1.165) is 47.5 Å². The number of likely N-dealkylation sites (N-methyl/N-ethyl adjacent to an activating group) is 2. The molecule has 9 nitrogen and oxygen atoms in total. The molecule has 1 aliphatic rings. The van der Waals surface area contributed by atoms with E-state index < -0.39 is 5.92 Å². The van der Waals surface area contributed by atoms with Crippen molar-refractivity contribution >= 4 is 28.3 Å². The van der Waals surface area contributed by atoms with E-state index in [1.165, 1.54) is 0 Å². The number of H-pyrrole nitrogens is 1. The molecule has 0 spiro atoms. The van der Waals surface area contributed by atoms with E-state index in [0.29, 0.717) is 36.4 Å². The van der Waals surface area contributed by atoms with Crippen molar-refractivity contribution in [1.82, 2.24) is 30.0 Å². The molecule has 4 heterocycles. The molecule has 3 aromatic heterocycles. The summed E-state index contributed by atoms with van der Waals surface area (Å²) in [6, 6.07) is 11.6. The van der Waals surface area contributed by atoms with Crippen LogP contribution in [0.1, 0.15) is 28.9 Å². The Labute approximate surface area is 238 Å². The van der Waals surface area contributed by atoms with Gasteiger partial charge in [-0.05, 0) is 62.0 Å². The zero-order valence-corrected chi connectivity index (χ0v) is 23.7. The summed E-state index contributed by atoms with van der Waals surface area (Å²) in [6.45, 7) is 3.29. The van der Waals surface area contributed by atoms with Gasteiger partial charge in [-0.25, -0.2) is 13.8 Å². The van der Waals surface area contributed by atoms with E-state index >= 15 is 0 Å². The SMILES string of the molecule is CN(C)CCN(C)c1ccc(NC(=O)c2n[nH]c3ccc(-c4cncc(CCN5CCC(F)(F)CC5)c4)cc23)cn1. The first-order valence-corrected chi connectivity index (χ1v) is 13.8. The van der Waals surface area contributed by atoms with Crippen molar-refractivity contribution in [3.63, 3.8) is 0 Å². The molecule has 0 bridgehead atoms. The lowest BCUT2D eigenvalue weighted by Crippen LogP contribution is -2.40.